The highest BCUT2D eigenvalue weighted by Crippen LogP contribution is 2.01. The Labute approximate surface area is 66.9 Å². The second-order valence-corrected chi connectivity index (χ2v) is 3.06. The summed E-state index contributed by atoms with van der Waals surface area (Å²) in [6, 6.07) is 0.405. The molecule has 64 valence electrons. The molecule has 0 aliphatic carbocycles. The molecular formula is C7H15N3O. The lowest BCUT2D eigenvalue weighted by atomic mass is 10.1. The van der Waals surface area contributed by atoms with E-state index in [0.717, 1.165) is 13.0 Å². The summed E-state index contributed by atoms with van der Waals surface area (Å²) in [7, 11) is 3.91. The Balaban J connectivity index is 2.22. The van der Waals surface area contributed by atoms with Gasteiger partial charge in [0.05, 0.1) is 0 Å². The molecule has 2 N–H and O–H groups in total. The molecule has 4 heteroatoms. The average molecular weight is 157 g/mol. The topological polar surface area (TPSA) is 44.4 Å². The molecule has 11 heavy (non-hydrogen) atoms. The maximum absolute atomic E-state index is 10.7. The van der Waals surface area contributed by atoms with Crippen LogP contribution in [0.2, 0.25) is 0 Å². The first kappa shape index (κ1) is 8.49. The van der Waals surface area contributed by atoms with Gasteiger partial charge in [0.15, 0.2) is 0 Å². The second-order valence-electron chi connectivity index (χ2n) is 3.06. The average Bonchev–Trinajstić information content (AvgIpc) is 1.93. The summed E-state index contributed by atoms with van der Waals surface area (Å²) in [6.07, 6.45) is 1.58. The molecule has 4 nitrogen and oxygen atoms in total. The van der Waals surface area contributed by atoms with Crippen LogP contribution < -0.4 is 10.7 Å². The smallest absolute Gasteiger partial charge is 0.220 e. The number of carbonyl (C=O) groups is 1. The molecule has 0 aromatic heterocycles. The second kappa shape index (κ2) is 3.69. The van der Waals surface area contributed by atoms with E-state index in [2.05, 4.69) is 10.7 Å². The monoisotopic (exact) mass is 157 g/mol. The van der Waals surface area contributed by atoms with Gasteiger partial charge in [-0.1, -0.05) is 0 Å². The maximum atomic E-state index is 10.7. The highest BCUT2D eigenvalue weighted by atomic mass is 16.1. The lowest BCUT2D eigenvalue weighted by Crippen LogP contribution is -2.50. The highest BCUT2D eigenvalue weighted by molar-refractivity contribution is 5.76. The van der Waals surface area contributed by atoms with Crippen molar-refractivity contribution in [1.82, 2.24) is 15.8 Å². The van der Waals surface area contributed by atoms with Crippen LogP contribution in [0.3, 0.4) is 0 Å². The molecule has 0 radical (unpaired) electrons. The molecule has 1 fully saturated rings. The molecular weight excluding hydrogens is 142 g/mol. The molecule has 1 heterocycles. The van der Waals surface area contributed by atoms with Crippen LogP contribution in [0.4, 0.5) is 0 Å². The molecule has 0 aromatic rings. The van der Waals surface area contributed by atoms with Crippen molar-refractivity contribution in [3.63, 3.8) is 0 Å². The van der Waals surface area contributed by atoms with E-state index >= 15 is 0 Å². The van der Waals surface area contributed by atoms with E-state index < -0.39 is 0 Å². The number of hydrazine groups is 1. The Morgan fingerprint density at radius 3 is 2.82 bits per heavy atom. The van der Waals surface area contributed by atoms with Gasteiger partial charge in [0.1, 0.15) is 0 Å². The van der Waals surface area contributed by atoms with Crippen molar-refractivity contribution in [2.45, 2.75) is 18.9 Å². The zero-order valence-corrected chi connectivity index (χ0v) is 7.05. The quantitative estimate of drug-likeness (QED) is 0.523. The first-order valence-corrected chi connectivity index (χ1v) is 3.88. The SMILES string of the molecule is CN(C)NC1CCC(=O)NC1. The number of carbonyl (C=O) groups excluding carboxylic acids is 1. The summed E-state index contributed by atoms with van der Waals surface area (Å²) in [6.45, 7) is 0.747. The fraction of sp³-hybridized carbons (Fsp3) is 0.857. The Morgan fingerprint density at radius 1 is 1.64 bits per heavy atom. The Morgan fingerprint density at radius 2 is 2.36 bits per heavy atom. The third-order valence-corrected chi connectivity index (χ3v) is 1.71. The molecule has 1 saturated heterocycles. The summed E-state index contributed by atoms with van der Waals surface area (Å²) >= 11 is 0. The number of hydrogen-bond donors (Lipinski definition) is 2. The van der Waals surface area contributed by atoms with Gasteiger partial charge in [-0.2, -0.15) is 0 Å². The lowest BCUT2D eigenvalue weighted by molar-refractivity contribution is -0.122. The van der Waals surface area contributed by atoms with Crippen LogP contribution in [0.5, 0.6) is 0 Å². The number of hydrogen-bond acceptors (Lipinski definition) is 3. The van der Waals surface area contributed by atoms with E-state index in [-0.39, 0.29) is 5.91 Å². The molecule has 1 aliphatic heterocycles. The zero-order chi connectivity index (χ0) is 8.27. The van der Waals surface area contributed by atoms with Gasteiger partial charge in [0.2, 0.25) is 5.91 Å². The molecule has 1 aliphatic rings. The van der Waals surface area contributed by atoms with Gasteiger partial charge in [0.25, 0.3) is 0 Å². The summed E-state index contributed by atoms with van der Waals surface area (Å²) in [4.78, 5) is 10.7. The molecule has 1 unspecified atom stereocenters. The number of nitrogens with zero attached hydrogens (tertiary/aromatic N) is 1. The van der Waals surface area contributed by atoms with Crippen LogP contribution in [0.15, 0.2) is 0 Å². The van der Waals surface area contributed by atoms with Crippen molar-refractivity contribution in [3.8, 4) is 0 Å². The first-order chi connectivity index (χ1) is 5.18. The zero-order valence-electron chi connectivity index (χ0n) is 7.05. The van der Waals surface area contributed by atoms with Crippen molar-refractivity contribution in [1.29, 1.82) is 0 Å². The molecule has 1 amide bonds. The Bertz CT molecular complexity index is 137. The minimum Gasteiger partial charge on any atom is -0.354 e. The van der Waals surface area contributed by atoms with Gasteiger partial charge in [-0.3, -0.25) is 15.2 Å². The van der Waals surface area contributed by atoms with Gasteiger partial charge in [-0.05, 0) is 6.42 Å². The molecule has 0 bridgehead atoms. The van der Waals surface area contributed by atoms with E-state index in [1.165, 1.54) is 0 Å². The summed E-state index contributed by atoms with van der Waals surface area (Å²) in [5, 5.41) is 4.73. The highest BCUT2D eigenvalue weighted by Gasteiger charge is 2.17. The van der Waals surface area contributed by atoms with Crippen molar-refractivity contribution in [3.05, 3.63) is 0 Å². The van der Waals surface area contributed by atoms with Crippen LogP contribution in [0.1, 0.15) is 12.8 Å². The first-order valence-electron chi connectivity index (χ1n) is 3.88. The molecule has 0 aromatic carbocycles. The van der Waals surface area contributed by atoms with Gasteiger partial charge < -0.3 is 5.32 Å². The van der Waals surface area contributed by atoms with Crippen LogP contribution in [0, 0.1) is 0 Å². The number of piperidine rings is 1. The lowest BCUT2D eigenvalue weighted by Gasteiger charge is -2.26. The fourth-order valence-corrected chi connectivity index (χ4v) is 1.21. The summed E-state index contributed by atoms with van der Waals surface area (Å²) in [5.74, 6) is 0.168. The van der Waals surface area contributed by atoms with Crippen molar-refractivity contribution in [2.24, 2.45) is 0 Å². The maximum Gasteiger partial charge on any atom is 0.220 e. The van der Waals surface area contributed by atoms with Gasteiger partial charge in [-0.15, -0.1) is 0 Å². The molecule has 1 rings (SSSR count). The van der Waals surface area contributed by atoms with Crippen LogP contribution >= 0.6 is 0 Å². The van der Waals surface area contributed by atoms with E-state index in [1.54, 1.807) is 0 Å². The van der Waals surface area contributed by atoms with Crippen molar-refractivity contribution < 1.29 is 4.79 Å². The Hall–Kier alpha value is -0.610. The minimum atomic E-state index is 0.168. The van der Waals surface area contributed by atoms with E-state index in [1.807, 2.05) is 19.1 Å². The fourth-order valence-electron chi connectivity index (χ4n) is 1.21. The predicted molar refractivity (Wildman–Crippen MR) is 42.9 cm³/mol. The number of amides is 1. The number of rotatable bonds is 2. The van der Waals surface area contributed by atoms with E-state index in [4.69, 9.17) is 0 Å². The van der Waals surface area contributed by atoms with E-state index in [9.17, 15) is 4.79 Å². The van der Waals surface area contributed by atoms with Crippen LogP contribution in [0.25, 0.3) is 0 Å². The van der Waals surface area contributed by atoms with Gasteiger partial charge >= 0.3 is 0 Å². The largest absolute Gasteiger partial charge is 0.354 e. The molecule has 1 atom stereocenters. The minimum absolute atomic E-state index is 0.168. The summed E-state index contributed by atoms with van der Waals surface area (Å²) < 4.78 is 0. The van der Waals surface area contributed by atoms with Crippen molar-refractivity contribution >= 4 is 5.91 Å². The molecule has 0 spiro atoms. The number of nitrogens with one attached hydrogen (secondary N) is 2. The normalized spacial score (nSPS) is 25.4. The predicted octanol–water partition coefficient (Wildman–Crippen LogP) is -0.669. The van der Waals surface area contributed by atoms with Crippen molar-refractivity contribution in [2.75, 3.05) is 20.6 Å². The third-order valence-electron chi connectivity index (χ3n) is 1.71. The third kappa shape index (κ3) is 2.86. The van der Waals surface area contributed by atoms with Crippen LogP contribution in [-0.2, 0) is 4.79 Å². The van der Waals surface area contributed by atoms with Gasteiger partial charge in [-0.25, -0.2) is 0 Å². The summed E-state index contributed by atoms with van der Waals surface area (Å²) in [5.41, 5.74) is 3.22. The van der Waals surface area contributed by atoms with Gasteiger partial charge in [0, 0.05) is 33.1 Å². The van der Waals surface area contributed by atoms with E-state index in [0.29, 0.717) is 12.5 Å². The molecule has 0 saturated carbocycles. The Kier molecular flexibility index (Phi) is 2.84. The van der Waals surface area contributed by atoms with Crippen LogP contribution in [-0.4, -0.2) is 37.6 Å². The standard InChI is InChI=1S/C7H15N3O/c1-10(2)9-6-3-4-7(11)8-5-6/h6,9H,3-5H2,1-2H3,(H,8,11).